The molecule has 5 heteroatoms. The third-order valence-corrected chi connectivity index (χ3v) is 4.13. The van der Waals surface area contributed by atoms with Crippen LogP contribution in [-0.4, -0.2) is 18.7 Å². The molecule has 2 rings (SSSR count). The number of hydrogen-bond donors (Lipinski definition) is 1. The summed E-state index contributed by atoms with van der Waals surface area (Å²) in [5.74, 6) is 0.764. The van der Waals surface area contributed by atoms with E-state index in [9.17, 15) is 8.78 Å². The van der Waals surface area contributed by atoms with Crippen LogP contribution in [0.3, 0.4) is 0 Å². The van der Waals surface area contributed by atoms with Gasteiger partial charge < -0.3 is 10.1 Å². The van der Waals surface area contributed by atoms with Crippen LogP contribution in [0.4, 0.5) is 8.78 Å². The Morgan fingerprint density at radius 1 is 1.38 bits per heavy atom. The summed E-state index contributed by atoms with van der Waals surface area (Å²) in [6.45, 7) is 2.51. The van der Waals surface area contributed by atoms with Crippen LogP contribution in [0.5, 0.6) is 5.75 Å². The number of halogens is 3. The highest BCUT2D eigenvalue weighted by molar-refractivity contribution is 6.30. The zero-order valence-corrected chi connectivity index (χ0v) is 13.2. The van der Waals surface area contributed by atoms with Crippen molar-refractivity contribution in [2.75, 3.05) is 6.54 Å². The van der Waals surface area contributed by atoms with Crippen LogP contribution >= 0.6 is 11.6 Å². The van der Waals surface area contributed by atoms with Crippen molar-refractivity contribution in [1.82, 2.24) is 5.32 Å². The molecule has 1 aromatic rings. The molecule has 118 valence electrons. The minimum absolute atomic E-state index is 0.0426. The molecule has 0 aromatic heterocycles. The van der Waals surface area contributed by atoms with E-state index in [1.54, 1.807) is 12.1 Å². The lowest BCUT2D eigenvalue weighted by molar-refractivity contribution is -0.0506. The van der Waals surface area contributed by atoms with E-state index in [-0.39, 0.29) is 11.3 Å². The second-order valence-electron chi connectivity index (χ2n) is 6.22. The normalized spacial score (nSPS) is 22.2. The lowest BCUT2D eigenvalue weighted by Crippen LogP contribution is -2.43. The lowest BCUT2D eigenvalue weighted by Gasteiger charge is -2.32. The number of alkyl halides is 2. The molecule has 0 spiro atoms. The van der Waals surface area contributed by atoms with E-state index < -0.39 is 6.61 Å². The Morgan fingerprint density at radius 2 is 2.14 bits per heavy atom. The zero-order chi connectivity index (χ0) is 15.5. The van der Waals surface area contributed by atoms with E-state index in [0.717, 1.165) is 31.4 Å². The van der Waals surface area contributed by atoms with E-state index in [0.29, 0.717) is 17.4 Å². The maximum atomic E-state index is 12.5. The minimum Gasteiger partial charge on any atom is -0.435 e. The third kappa shape index (κ3) is 4.55. The zero-order valence-electron chi connectivity index (χ0n) is 12.5. The molecule has 1 unspecified atom stereocenters. The first-order chi connectivity index (χ1) is 9.90. The molecule has 0 saturated carbocycles. The molecule has 1 N–H and O–H groups in total. The molecule has 2 nitrogen and oxygen atoms in total. The molecule has 1 aliphatic rings. The van der Waals surface area contributed by atoms with Gasteiger partial charge in [-0.1, -0.05) is 25.4 Å². The molecule has 0 amide bonds. The highest BCUT2D eigenvalue weighted by Crippen LogP contribution is 2.35. The first-order valence-corrected chi connectivity index (χ1v) is 7.76. The smallest absolute Gasteiger partial charge is 0.387 e. The second kappa shape index (κ2) is 6.93. The molecule has 0 radical (unpaired) electrons. The van der Waals surface area contributed by atoms with Crippen LogP contribution in [0.2, 0.25) is 5.02 Å². The molecule has 1 aromatic carbocycles. The molecule has 0 aliphatic carbocycles. The number of ether oxygens (including phenoxy) is 1. The maximum absolute atomic E-state index is 12.5. The summed E-state index contributed by atoms with van der Waals surface area (Å²) in [5.41, 5.74) is 0.705. The Bertz CT molecular complexity index is 473. The number of rotatable bonds is 6. The fourth-order valence-electron chi connectivity index (χ4n) is 3.31. The molecule has 0 bridgehead atoms. The van der Waals surface area contributed by atoms with E-state index in [4.69, 9.17) is 11.6 Å². The fourth-order valence-corrected chi connectivity index (χ4v) is 3.50. The number of hydrogen-bond acceptors (Lipinski definition) is 2. The summed E-state index contributed by atoms with van der Waals surface area (Å²) in [7, 11) is 0. The van der Waals surface area contributed by atoms with Crippen LogP contribution in [0.25, 0.3) is 0 Å². The van der Waals surface area contributed by atoms with E-state index in [1.165, 1.54) is 6.07 Å². The monoisotopic (exact) mass is 317 g/mol. The van der Waals surface area contributed by atoms with Crippen LogP contribution in [0.1, 0.15) is 38.7 Å². The molecule has 21 heavy (non-hydrogen) atoms. The van der Waals surface area contributed by atoms with Crippen molar-refractivity contribution in [2.24, 2.45) is 5.92 Å². The highest BCUT2D eigenvalue weighted by atomic mass is 35.5. The summed E-state index contributed by atoms with van der Waals surface area (Å²) < 4.78 is 29.7. The van der Waals surface area contributed by atoms with Gasteiger partial charge in [0.1, 0.15) is 5.75 Å². The van der Waals surface area contributed by atoms with Gasteiger partial charge in [-0.25, -0.2) is 0 Å². The highest BCUT2D eigenvalue weighted by Gasteiger charge is 2.35. The first kappa shape index (κ1) is 16.5. The molecule has 1 atom stereocenters. The Labute approximate surface area is 129 Å². The first-order valence-electron chi connectivity index (χ1n) is 7.38. The Morgan fingerprint density at radius 3 is 2.71 bits per heavy atom. The summed E-state index contributed by atoms with van der Waals surface area (Å²) in [6, 6.07) is 4.85. The van der Waals surface area contributed by atoms with Gasteiger partial charge in [0, 0.05) is 10.6 Å². The predicted octanol–water partition coefficient (Wildman–Crippen LogP) is 4.65. The van der Waals surface area contributed by atoms with Crippen molar-refractivity contribution in [1.29, 1.82) is 0 Å². The van der Waals surface area contributed by atoms with Crippen molar-refractivity contribution in [3.8, 4) is 5.75 Å². The van der Waals surface area contributed by atoms with Crippen LogP contribution in [0, 0.1) is 5.92 Å². The van der Waals surface area contributed by atoms with Crippen molar-refractivity contribution in [3.63, 3.8) is 0 Å². The number of benzene rings is 1. The summed E-state index contributed by atoms with van der Waals surface area (Å²) in [4.78, 5) is 0. The van der Waals surface area contributed by atoms with Gasteiger partial charge in [-0.15, -0.1) is 0 Å². The van der Waals surface area contributed by atoms with Gasteiger partial charge in [0.05, 0.1) is 0 Å². The van der Waals surface area contributed by atoms with Gasteiger partial charge >= 0.3 is 6.61 Å². The van der Waals surface area contributed by atoms with Gasteiger partial charge in [-0.05, 0) is 61.9 Å². The van der Waals surface area contributed by atoms with E-state index in [2.05, 4.69) is 23.9 Å². The van der Waals surface area contributed by atoms with Crippen molar-refractivity contribution in [3.05, 3.63) is 28.8 Å². The standard InChI is InChI=1S/C16H22ClF2NO/c1-11(2)9-16(6-3-7-20-16)10-12-8-13(17)4-5-14(12)21-15(18)19/h4-5,8,11,15,20H,3,6-7,9-10H2,1-2H3. The molecule has 1 heterocycles. The van der Waals surface area contributed by atoms with Gasteiger partial charge in [0.15, 0.2) is 0 Å². The quantitative estimate of drug-likeness (QED) is 0.824. The number of nitrogens with one attached hydrogen (secondary N) is 1. The van der Waals surface area contributed by atoms with Gasteiger partial charge in [0.2, 0.25) is 0 Å². The van der Waals surface area contributed by atoms with E-state index in [1.807, 2.05) is 0 Å². The predicted molar refractivity (Wildman–Crippen MR) is 81.2 cm³/mol. The van der Waals surface area contributed by atoms with Gasteiger partial charge in [-0.2, -0.15) is 8.78 Å². The Hall–Kier alpha value is -0.870. The molecule has 1 saturated heterocycles. The topological polar surface area (TPSA) is 21.3 Å². The average Bonchev–Trinajstić information content (AvgIpc) is 2.79. The van der Waals surface area contributed by atoms with Gasteiger partial charge in [-0.3, -0.25) is 0 Å². The Balaban J connectivity index is 2.25. The van der Waals surface area contributed by atoms with Crippen LogP contribution in [0.15, 0.2) is 18.2 Å². The maximum Gasteiger partial charge on any atom is 0.387 e. The average molecular weight is 318 g/mol. The minimum atomic E-state index is -2.82. The summed E-state index contributed by atoms with van der Waals surface area (Å²) in [6.07, 6.45) is 3.82. The van der Waals surface area contributed by atoms with Crippen LogP contribution < -0.4 is 10.1 Å². The third-order valence-electron chi connectivity index (χ3n) is 3.90. The van der Waals surface area contributed by atoms with Gasteiger partial charge in [0.25, 0.3) is 0 Å². The molecule has 1 fully saturated rings. The van der Waals surface area contributed by atoms with Crippen molar-refractivity contribution >= 4 is 11.6 Å². The summed E-state index contributed by atoms with van der Waals surface area (Å²) in [5, 5.41) is 4.11. The largest absolute Gasteiger partial charge is 0.435 e. The molecule has 1 aliphatic heterocycles. The lowest BCUT2D eigenvalue weighted by atomic mass is 9.82. The Kier molecular flexibility index (Phi) is 5.44. The van der Waals surface area contributed by atoms with Crippen molar-refractivity contribution in [2.45, 2.75) is 51.7 Å². The molecular weight excluding hydrogens is 296 g/mol. The summed E-state index contributed by atoms with van der Waals surface area (Å²) >= 11 is 6.03. The fraction of sp³-hybridized carbons (Fsp3) is 0.625. The SMILES string of the molecule is CC(C)CC1(Cc2cc(Cl)ccc2OC(F)F)CCCN1. The van der Waals surface area contributed by atoms with E-state index >= 15 is 0 Å². The van der Waals surface area contributed by atoms with Crippen molar-refractivity contribution < 1.29 is 13.5 Å². The molecular formula is C16H22ClF2NO. The van der Waals surface area contributed by atoms with Crippen LogP contribution in [-0.2, 0) is 6.42 Å². The second-order valence-corrected chi connectivity index (χ2v) is 6.65.